The number of rotatable bonds is 7. The van der Waals surface area contributed by atoms with Gasteiger partial charge < -0.3 is 15.4 Å². The first-order chi connectivity index (χ1) is 13.4. The minimum absolute atomic E-state index is 0.0408. The van der Waals surface area contributed by atoms with Gasteiger partial charge in [-0.3, -0.25) is 9.59 Å². The van der Waals surface area contributed by atoms with E-state index in [1.54, 1.807) is 24.3 Å². The topological polar surface area (TPSA) is 80.3 Å². The number of ether oxygens (including phenoxy) is 1. The second kappa shape index (κ2) is 8.84. The fraction of sp³-hybridized carbons (Fsp3) is 0.286. The van der Waals surface area contributed by atoms with Crippen LogP contribution in [0, 0.1) is 0 Å². The number of amides is 2. The summed E-state index contributed by atoms with van der Waals surface area (Å²) in [6.45, 7) is 5.84. The monoisotopic (exact) mass is 397 g/mol. The first-order valence-corrected chi connectivity index (χ1v) is 10.0. The van der Waals surface area contributed by atoms with Gasteiger partial charge in [0.15, 0.2) is 5.13 Å². The highest BCUT2D eigenvalue weighted by Crippen LogP contribution is 2.29. The van der Waals surface area contributed by atoms with Crippen LogP contribution in [0.2, 0.25) is 0 Å². The Hall–Kier alpha value is -2.93. The predicted molar refractivity (Wildman–Crippen MR) is 113 cm³/mol. The molecule has 2 amide bonds. The van der Waals surface area contributed by atoms with Crippen LogP contribution in [-0.2, 0) is 4.79 Å². The fourth-order valence-electron chi connectivity index (χ4n) is 2.65. The molecular formula is C21H23N3O3S. The average molecular weight is 398 g/mol. The lowest BCUT2D eigenvalue weighted by atomic mass is 10.2. The van der Waals surface area contributed by atoms with Crippen molar-refractivity contribution in [3.63, 3.8) is 0 Å². The van der Waals surface area contributed by atoms with Crippen molar-refractivity contribution in [3.05, 3.63) is 48.0 Å². The lowest BCUT2D eigenvalue weighted by Crippen LogP contribution is -2.12. The Morgan fingerprint density at radius 1 is 1.14 bits per heavy atom. The maximum atomic E-state index is 12.6. The molecule has 146 valence electrons. The molecule has 0 unspecified atom stereocenters. The number of thiazole rings is 1. The van der Waals surface area contributed by atoms with Crippen LogP contribution in [0.25, 0.3) is 10.2 Å². The number of nitrogens with zero attached hydrogens (tertiary/aromatic N) is 1. The van der Waals surface area contributed by atoms with Crippen LogP contribution in [-0.4, -0.2) is 22.9 Å². The van der Waals surface area contributed by atoms with Gasteiger partial charge in [-0.1, -0.05) is 24.3 Å². The van der Waals surface area contributed by atoms with Gasteiger partial charge in [0.1, 0.15) is 5.75 Å². The van der Waals surface area contributed by atoms with Gasteiger partial charge >= 0.3 is 0 Å². The van der Waals surface area contributed by atoms with Crippen molar-refractivity contribution in [2.24, 2.45) is 0 Å². The zero-order chi connectivity index (χ0) is 20.1. The smallest absolute Gasteiger partial charge is 0.255 e. The number of aromatic nitrogens is 1. The molecule has 0 spiro atoms. The Morgan fingerprint density at radius 3 is 2.71 bits per heavy atom. The van der Waals surface area contributed by atoms with E-state index in [2.05, 4.69) is 15.6 Å². The maximum absolute atomic E-state index is 12.6. The average Bonchev–Trinajstić information content (AvgIpc) is 3.02. The highest BCUT2D eigenvalue weighted by molar-refractivity contribution is 7.22. The van der Waals surface area contributed by atoms with Crippen LogP contribution in [0.4, 0.5) is 10.8 Å². The molecule has 0 aliphatic rings. The Kier molecular flexibility index (Phi) is 6.26. The lowest BCUT2D eigenvalue weighted by molar-refractivity contribution is -0.116. The quantitative estimate of drug-likeness (QED) is 0.583. The third kappa shape index (κ3) is 5.07. The first-order valence-electron chi connectivity index (χ1n) is 9.23. The standard InChI is InChI=1S/C21H23N3O3S/c1-4-6-19(25)24-21-23-17-10-9-15(12-18(17)28-21)22-20(26)14-7-5-8-16(11-14)27-13(2)3/h5,7-13H,4,6H2,1-3H3,(H,22,26)(H,23,24,25). The molecule has 28 heavy (non-hydrogen) atoms. The second-order valence-electron chi connectivity index (χ2n) is 6.65. The van der Waals surface area contributed by atoms with Crippen molar-refractivity contribution in [3.8, 4) is 5.75 Å². The molecule has 2 N–H and O–H groups in total. The van der Waals surface area contributed by atoms with Crippen molar-refractivity contribution in [2.75, 3.05) is 10.6 Å². The molecule has 2 aromatic carbocycles. The molecule has 0 fully saturated rings. The van der Waals surface area contributed by atoms with E-state index in [9.17, 15) is 9.59 Å². The summed E-state index contributed by atoms with van der Waals surface area (Å²) in [5.74, 6) is 0.404. The van der Waals surface area contributed by atoms with E-state index < -0.39 is 0 Å². The van der Waals surface area contributed by atoms with Crippen LogP contribution in [0.5, 0.6) is 5.75 Å². The van der Waals surface area contributed by atoms with Crippen molar-refractivity contribution in [2.45, 2.75) is 39.7 Å². The van der Waals surface area contributed by atoms with Gasteiger partial charge in [0.2, 0.25) is 5.91 Å². The van der Waals surface area contributed by atoms with E-state index in [-0.39, 0.29) is 17.9 Å². The molecule has 0 saturated heterocycles. The van der Waals surface area contributed by atoms with Crippen molar-refractivity contribution < 1.29 is 14.3 Å². The largest absolute Gasteiger partial charge is 0.491 e. The molecule has 0 bridgehead atoms. The van der Waals surface area contributed by atoms with Gasteiger partial charge in [-0.15, -0.1) is 0 Å². The molecule has 3 rings (SSSR count). The normalized spacial score (nSPS) is 10.9. The highest BCUT2D eigenvalue weighted by Gasteiger charge is 2.11. The zero-order valence-corrected chi connectivity index (χ0v) is 16.9. The Balaban J connectivity index is 1.73. The Bertz CT molecular complexity index is 997. The summed E-state index contributed by atoms with van der Waals surface area (Å²) >= 11 is 1.38. The molecule has 0 saturated carbocycles. The number of nitrogens with one attached hydrogen (secondary N) is 2. The summed E-state index contributed by atoms with van der Waals surface area (Å²) in [6.07, 6.45) is 1.30. The van der Waals surface area contributed by atoms with Gasteiger partial charge in [0.25, 0.3) is 5.91 Å². The Morgan fingerprint density at radius 2 is 1.96 bits per heavy atom. The minimum atomic E-state index is -0.213. The van der Waals surface area contributed by atoms with Gasteiger partial charge in [-0.25, -0.2) is 4.98 Å². The molecular weight excluding hydrogens is 374 g/mol. The van der Waals surface area contributed by atoms with Gasteiger partial charge in [0, 0.05) is 17.7 Å². The fourth-order valence-corrected chi connectivity index (χ4v) is 3.57. The molecule has 7 heteroatoms. The minimum Gasteiger partial charge on any atom is -0.491 e. The number of hydrogen-bond acceptors (Lipinski definition) is 5. The zero-order valence-electron chi connectivity index (χ0n) is 16.1. The van der Waals surface area contributed by atoms with Crippen LogP contribution >= 0.6 is 11.3 Å². The van der Waals surface area contributed by atoms with Crippen molar-refractivity contribution >= 4 is 44.2 Å². The number of hydrogen-bond donors (Lipinski definition) is 2. The van der Waals surface area contributed by atoms with Crippen molar-refractivity contribution in [1.29, 1.82) is 0 Å². The molecule has 6 nitrogen and oxygen atoms in total. The maximum Gasteiger partial charge on any atom is 0.255 e. The van der Waals surface area contributed by atoms with Gasteiger partial charge in [-0.05, 0) is 56.7 Å². The summed E-state index contributed by atoms with van der Waals surface area (Å²) in [6, 6.07) is 12.6. The molecule has 1 aromatic heterocycles. The van der Waals surface area contributed by atoms with Crippen LogP contribution in [0.1, 0.15) is 44.0 Å². The third-order valence-electron chi connectivity index (χ3n) is 3.84. The SMILES string of the molecule is CCCC(=O)Nc1nc2ccc(NC(=O)c3cccc(OC(C)C)c3)cc2s1. The molecule has 3 aromatic rings. The molecule has 1 heterocycles. The van der Waals surface area contributed by atoms with E-state index in [4.69, 9.17) is 4.74 Å². The van der Waals surface area contributed by atoms with Gasteiger partial charge in [-0.2, -0.15) is 0 Å². The summed E-state index contributed by atoms with van der Waals surface area (Å²) in [7, 11) is 0. The Labute approximate surface area is 167 Å². The number of carbonyl (C=O) groups excluding carboxylic acids is 2. The lowest BCUT2D eigenvalue weighted by Gasteiger charge is -2.11. The highest BCUT2D eigenvalue weighted by atomic mass is 32.1. The van der Waals surface area contributed by atoms with E-state index in [1.165, 1.54) is 11.3 Å². The summed E-state index contributed by atoms with van der Waals surface area (Å²) in [4.78, 5) is 28.7. The van der Waals surface area contributed by atoms with Gasteiger partial charge in [0.05, 0.1) is 16.3 Å². The van der Waals surface area contributed by atoms with Crippen LogP contribution in [0.15, 0.2) is 42.5 Å². The van der Waals surface area contributed by atoms with Crippen LogP contribution < -0.4 is 15.4 Å². The number of anilines is 2. The molecule has 0 atom stereocenters. The first kappa shape index (κ1) is 19.8. The summed E-state index contributed by atoms with van der Waals surface area (Å²) < 4.78 is 6.53. The predicted octanol–water partition coefficient (Wildman–Crippen LogP) is 5.07. The number of carbonyl (C=O) groups is 2. The number of benzene rings is 2. The number of fused-ring (bicyclic) bond motifs is 1. The van der Waals surface area contributed by atoms with E-state index in [0.29, 0.717) is 28.6 Å². The summed E-state index contributed by atoms with van der Waals surface area (Å²) in [5.41, 5.74) is 1.97. The second-order valence-corrected chi connectivity index (χ2v) is 7.68. The molecule has 0 radical (unpaired) electrons. The molecule has 0 aliphatic carbocycles. The summed E-state index contributed by atoms with van der Waals surface area (Å²) in [5, 5.41) is 6.27. The van der Waals surface area contributed by atoms with E-state index in [1.807, 2.05) is 39.0 Å². The molecule has 0 aliphatic heterocycles. The van der Waals surface area contributed by atoms with E-state index in [0.717, 1.165) is 16.6 Å². The third-order valence-corrected chi connectivity index (χ3v) is 4.77. The van der Waals surface area contributed by atoms with Crippen LogP contribution in [0.3, 0.4) is 0 Å². The van der Waals surface area contributed by atoms with E-state index >= 15 is 0 Å². The van der Waals surface area contributed by atoms with Crippen molar-refractivity contribution in [1.82, 2.24) is 4.98 Å².